The molecule has 1 aliphatic carbocycles. The highest BCUT2D eigenvalue weighted by Gasteiger charge is 2.28. The van der Waals surface area contributed by atoms with Crippen molar-refractivity contribution in [2.75, 3.05) is 6.54 Å². The Balaban J connectivity index is 1.60. The van der Waals surface area contributed by atoms with Crippen molar-refractivity contribution in [3.05, 3.63) is 29.7 Å². The standard InChI is InChI=1S/C16H23N3O2/c1-12-5-6-14(21-12)15-13(10-18-19-15)9-17-11-16(20)7-3-2-4-8-16/h5-6,10,17,20H,2-4,7-9,11H2,1H3,(H,18,19). The zero-order valence-corrected chi connectivity index (χ0v) is 12.5. The van der Waals surface area contributed by atoms with Gasteiger partial charge in [0.15, 0.2) is 5.76 Å². The lowest BCUT2D eigenvalue weighted by molar-refractivity contribution is 0.00468. The van der Waals surface area contributed by atoms with Crippen molar-refractivity contribution in [3.63, 3.8) is 0 Å². The van der Waals surface area contributed by atoms with Crippen LogP contribution in [0, 0.1) is 6.92 Å². The number of aromatic amines is 1. The number of hydrogen-bond donors (Lipinski definition) is 3. The van der Waals surface area contributed by atoms with Crippen molar-refractivity contribution < 1.29 is 9.52 Å². The van der Waals surface area contributed by atoms with Gasteiger partial charge in [-0.15, -0.1) is 0 Å². The van der Waals surface area contributed by atoms with E-state index in [0.717, 1.165) is 48.5 Å². The number of aliphatic hydroxyl groups is 1. The van der Waals surface area contributed by atoms with Crippen LogP contribution in [0.5, 0.6) is 0 Å². The van der Waals surface area contributed by atoms with Gasteiger partial charge in [0.1, 0.15) is 11.5 Å². The first-order chi connectivity index (χ1) is 10.2. The van der Waals surface area contributed by atoms with E-state index in [1.165, 1.54) is 6.42 Å². The number of hydrogen-bond acceptors (Lipinski definition) is 4. The Morgan fingerprint density at radius 3 is 2.86 bits per heavy atom. The summed E-state index contributed by atoms with van der Waals surface area (Å²) in [6.45, 7) is 3.24. The molecule has 21 heavy (non-hydrogen) atoms. The quantitative estimate of drug-likeness (QED) is 0.791. The Morgan fingerprint density at radius 1 is 1.33 bits per heavy atom. The Morgan fingerprint density at radius 2 is 2.14 bits per heavy atom. The summed E-state index contributed by atoms with van der Waals surface area (Å²) in [6, 6.07) is 3.89. The maximum Gasteiger partial charge on any atom is 0.152 e. The lowest BCUT2D eigenvalue weighted by Gasteiger charge is -2.32. The lowest BCUT2D eigenvalue weighted by atomic mass is 9.85. The first-order valence-corrected chi connectivity index (χ1v) is 7.68. The zero-order valence-electron chi connectivity index (χ0n) is 12.5. The van der Waals surface area contributed by atoms with E-state index in [1.807, 2.05) is 25.3 Å². The minimum Gasteiger partial charge on any atom is -0.460 e. The molecule has 114 valence electrons. The summed E-state index contributed by atoms with van der Waals surface area (Å²) in [6.07, 6.45) is 7.10. The molecule has 0 amide bonds. The Bertz CT molecular complexity index is 582. The van der Waals surface area contributed by atoms with Gasteiger partial charge >= 0.3 is 0 Å². The molecule has 3 N–H and O–H groups in total. The summed E-state index contributed by atoms with van der Waals surface area (Å²) < 4.78 is 5.64. The molecule has 5 heteroatoms. The number of aromatic nitrogens is 2. The van der Waals surface area contributed by atoms with Crippen LogP contribution in [0.3, 0.4) is 0 Å². The van der Waals surface area contributed by atoms with Gasteiger partial charge in [-0.25, -0.2) is 0 Å². The van der Waals surface area contributed by atoms with E-state index in [4.69, 9.17) is 4.42 Å². The average Bonchev–Trinajstić information content (AvgIpc) is 3.08. The molecule has 1 saturated carbocycles. The molecule has 0 aliphatic heterocycles. The topological polar surface area (TPSA) is 74.1 Å². The molecule has 2 aromatic rings. The predicted octanol–water partition coefficient (Wildman–Crippen LogP) is 2.76. The number of rotatable bonds is 5. The largest absolute Gasteiger partial charge is 0.460 e. The van der Waals surface area contributed by atoms with Crippen molar-refractivity contribution in [3.8, 4) is 11.5 Å². The van der Waals surface area contributed by atoms with Crippen LogP contribution >= 0.6 is 0 Å². The van der Waals surface area contributed by atoms with E-state index in [-0.39, 0.29) is 0 Å². The van der Waals surface area contributed by atoms with Crippen LogP contribution in [0.4, 0.5) is 0 Å². The minimum absolute atomic E-state index is 0.538. The number of H-pyrrole nitrogens is 1. The van der Waals surface area contributed by atoms with Gasteiger partial charge < -0.3 is 14.8 Å². The second-order valence-corrected chi connectivity index (χ2v) is 6.07. The Hall–Kier alpha value is -1.59. The van der Waals surface area contributed by atoms with Crippen LogP contribution in [0.25, 0.3) is 11.5 Å². The molecule has 0 saturated heterocycles. The Labute approximate surface area is 124 Å². The third kappa shape index (κ3) is 3.36. The molecule has 1 aliphatic rings. The van der Waals surface area contributed by atoms with Crippen LogP contribution in [0.1, 0.15) is 43.4 Å². The Kier molecular flexibility index (Phi) is 4.12. The third-order valence-electron chi connectivity index (χ3n) is 4.26. The fraction of sp³-hybridized carbons (Fsp3) is 0.562. The highest BCUT2D eigenvalue weighted by molar-refractivity contribution is 5.56. The molecule has 0 atom stereocenters. The molecule has 0 aromatic carbocycles. The molecule has 0 spiro atoms. The summed E-state index contributed by atoms with van der Waals surface area (Å²) in [5, 5.41) is 20.9. The van der Waals surface area contributed by atoms with Gasteiger partial charge in [-0.05, 0) is 31.9 Å². The molecule has 2 aromatic heterocycles. The molecule has 3 rings (SSSR count). The number of nitrogens with zero attached hydrogens (tertiary/aromatic N) is 1. The van der Waals surface area contributed by atoms with E-state index in [0.29, 0.717) is 13.1 Å². The smallest absolute Gasteiger partial charge is 0.152 e. The second kappa shape index (κ2) is 6.03. The molecule has 0 unspecified atom stereocenters. The van der Waals surface area contributed by atoms with E-state index in [9.17, 15) is 5.11 Å². The normalized spacial score (nSPS) is 18.0. The zero-order chi connectivity index (χ0) is 14.7. The van der Waals surface area contributed by atoms with Gasteiger partial charge in [-0.1, -0.05) is 19.3 Å². The third-order valence-corrected chi connectivity index (χ3v) is 4.26. The number of furan rings is 1. The van der Waals surface area contributed by atoms with Crippen molar-refractivity contribution >= 4 is 0 Å². The van der Waals surface area contributed by atoms with Gasteiger partial charge in [0.25, 0.3) is 0 Å². The highest BCUT2D eigenvalue weighted by atomic mass is 16.3. The fourth-order valence-electron chi connectivity index (χ4n) is 3.04. The van der Waals surface area contributed by atoms with E-state index in [2.05, 4.69) is 15.5 Å². The summed E-state index contributed by atoms with van der Waals surface area (Å²) in [5.74, 6) is 1.69. The highest BCUT2D eigenvalue weighted by Crippen LogP contribution is 2.28. The maximum atomic E-state index is 10.5. The van der Waals surface area contributed by atoms with E-state index < -0.39 is 5.60 Å². The van der Waals surface area contributed by atoms with Crippen molar-refractivity contribution in [2.45, 2.75) is 51.2 Å². The van der Waals surface area contributed by atoms with Crippen LogP contribution in [-0.4, -0.2) is 27.4 Å². The molecule has 5 nitrogen and oxygen atoms in total. The fourth-order valence-corrected chi connectivity index (χ4v) is 3.04. The molecule has 2 heterocycles. The van der Waals surface area contributed by atoms with Crippen LogP contribution in [0.15, 0.2) is 22.7 Å². The van der Waals surface area contributed by atoms with Crippen LogP contribution in [-0.2, 0) is 6.54 Å². The molecular weight excluding hydrogens is 266 g/mol. The monoisotopic (exact) mass is 289 g/mol. The summed E-state index contributed by atoms with van der Waals surface area (Å²) in [7, 11) is 0. The van der Waals surface area contributed by atoms with Crippen molar-refractivity contribution in [2.24, 2.45) is 0 Å². The molecule has 1 fully saturated rings. The maximum absolute atomic E-state index is 10.5. The molecule has 0 bridgehead atoms. The average molecular weight is 289 g/mol. The second-order valence-electron chi connectivity index (χ2n) is 6.07. The summed E-state index contributed by atoms with van der Waals surface area (Å²) >= 11 is 0. The number of nitrogens with one attached hydrogen (secondary N) is 2. The van der Waals surface area contributed by atoms with E-state index in [1.54, 1.807) is 0 Å². The summed E-state index contributed by atoms with van der Waals surface area (Å²) in [5.41, 5.74) is 1.43. The van der Waals surface area contributed by atoms with Gasteiger partial charge in [0.05, 0.1) is 11.8 Å². The van der Waals surface area contributed by atoms with Crippen LogP contribution in [0.2, 0.25) is 0 Å². The first kappa shape index (κ1) is 14.4. The predicted molar refractivity (Wildman–Crippen MR) is 80.8 cm³/mol. The van der Waals surface area contributed by atoms with Crippen LogP contribution < -0.4 is 5.32 Å². The van der Waals surface area contributed by atoms with Gasteiger partial charge in [0.2, 0.25) is 0 Å². The summed E-state index contributed by atoms with van der Waals surface area (Å²) in [4.78, 5) is 0. The van der Waals surface area contributed by atoms with Crippen molar-refractivity contribution in [1.82, 2.24) is 15.5 Å². The van der Waals surface area contributed by atoms with E-state index >= 15 is 0 Å². The molecular formula is C16H23N3O2. The lowest BCUT2D eigenvalue weighted by Crippen LogP contribution is -2.41. The van der Waals surface area contributed by atoms with Gasteiger partial charge in [-0.3, -0.25) is 5.10 Å². The first-order valence-electron chi connectivity index (χ1n) is 7.68. The minimum atomic E-state index is -0.538. The van der Waals surface area contributed by atoms with Crippen molar-refractivity contribution in [1.29, 1.82) is 0 Å². The number of aryl methyl sites for hydroxylation is 1. The van der Waals surface area contributed by atoms with Gasteiger partial charge in [-0.2, -0.15) is 5.10 Å². The molecule has 0 radical (unpaired) electrons. The SMILES string of the molecule is Cc1ccc(-c2[nH]ncc2CNCC2(O)CCCCC2)o1. The van der Waals surface area contributed by atoms with Gasteiger partial charge in [0, 0.05) is 18.7 Å².